The molecule has 11 rings (SSSR count). The highest BCUT2D eigenvalue weighted by Gasteiger charge is 2.34. The molecule has 2 heteroatoms. The van der Waals surface area contributed by atoms with E-state index < -0.39 is 0 Å². The van der Waals surface area contributed by atoms with E-state index in [0.29, 0.717) is 0 Å². The average Bonchev–Trinajstić information content (AvgIpc) is 3.54. The largest absolute Gasteiger partial charge is 0.310 e. The van der Waals surface area contributed by atoms with E-state index in [1.165, 1.54) is 87.8 Å². The van der Waals surface area contributed by atoms with Crippen molar-refractivity contribution in [2.24, 2.45) is 0 Å². The molecule has 0 saturated carbocycles. The Balaban J connectivity index is 1.05. The van der Waals surface area contributed by atoms with Gasteiger partial charge in [-0.1, -0.05) is 141 Å². The SMILES string of the molecule is CC1(C)c2ccccc2-n2c3ccc(-c4ccc5cc(N(c6ccc7ccccc7c6)c6cccc7ccccc67)ccc5c4)cc3c3cccc1c32. The lowest BCUT2D eigenvalue weighted by molar-refractivity contribution is 0.630. The van der Waals surface area contributed by atoms with Gasteiger partial charge in [-0.15, -0.1) is 0 Å². The minimum atomic E-state index is -0.0714. The second kappa shape index (κ2) is 11.2. The molecule has 250 valence electrons. The summed E-state index contributed by atoms with van der Waals surface area (Å²) in [4.78, 5) is 2.41. The third-order valence-electron chi connectivity index (χ3n) is 11.7. The van der Waals surface area contributed by atoms with Gasteiger partial charge in [-0.05, 0) is 104 Å². The molecule has 2 heterocycles. The molecule has 0 fully saturated rings. The molecule has 2 nitrogen and oxygen atoms in total. The summed E-state index contributed by atoms with van der Waals surface area (Å²) >= 11 is 0. The summed E-state index contributed by atoms with van der Waals surface area (Å²) in [5.41, 5.74) is 12.4. The summed E-state index contributed by atoms with van der Waals surface area (Å²) in [6.07, 6.45) is 0. The number of nitrogens with zero attached hydrogens (tertiary/aromatic N) is 2. The predicted octanol–water partition coefficient (Wildman–Crippen LogP) is 14.0. The number of benzene rings is 9. The summed E-state index contributed by atoms with van der Waals surface area (Å²) in [7, 11) is 0. The van der Waals surface area contributed by atoms with Crippen LogP contribution in [0, 0.1) is 0 Å². The van der Waals surface area contributed by atoms with Crippen LogP contribution in [0.1, 0.15) is 25.0 Å². The van der Waals surface area contributed by atoms with Crippen LogP contribution in [0.4, 0.5) is 17.1 Å². The van der Waals surface area contributed by atoms with Gasteiger partial charge < -0.3 is 9.47 Å². The topological polar surface area (TPSA) is 8.17 Å². The zero-order chi connectivity index (χ0) is 35.3. The highest BCUT2D eigenvalue weighted by molar-refractivity contribution is 6.13. The Bertz CT molecular complexity index is 3100. The summed E-state index contributed by atoms with van der Waals surface area (Å²) in [6.45, 7) is 4.72. The second-order valence-corrected chi connectivity index (χ2v) is 15.0. The minimum absolute atomic E-state index is 0.0714. The van der Waals surface area contributed by atoms with Crippen molar-refractivity contribution in [2.45, 2.75) is 19.3 Å². The van der Waals surface area contributed by atoms with Crippen molar-refractivity contribution in [3.63, 3.8) is 0 Å². The van der Waals surface area contributed by atoms with E-state index in [1.54, 1.807) is 0 Å². The molecular formula is C51H36N2. The van der Waals surface area contributed by atoms with Gasteiger partial charge in [0.05, 0.1) is 22.4 Å². The summed E-state index contributed by atoms with van der Waals surface area (Å²) < 4.78 is 2.49. The fraction of sp³-hybridized carbons (Fsp3) is 0.0588. The Labute approximate surface area is 308 Å². The van der Waals surface area contributed by atoms with E-state index in [2.05, 4.69) is 205 Å². The fourth-order valence-electron chi connectivity index (χ4n) is 9.04. The number of hydrogen-bond acceptors (Lipinski definition) is 1. The Morgan fingerprint density at radius 1 is 0.415 bits per heavy atom. The van der Waals surface area contributed by atoms with Crippen LogP contribution in [0.25, 0.3) is 70.9 Å². The van der Waals surface area contributed by atoms with Gasteiger partial charge in [-0.3, -0.25) is 0 Å². The summed E-state index contributed by atoms with van der Waals surface area (Å²) in [5, 5.41) is 9.97. The number of aromatic nitrogens is 1. The van der Waals surface area contributed by atoms with Crippen molar-refractivity contribution in [3.8, 4) is 16.8 Å². The smallest absolute Gasteiger partial charge is 0.0582 e. The lowest BCUT2D eigenvalue weighted by Crippen LogP contribution is -2.26. The molecule has 0 saturated heterocycles. The number of anilines is 3. The van der Waals surface area contributed by atoms with Gasteiger partial charge >= 0.3 is 0 Å². The number of hydrogen-bond donors (Lipinski definition) is 0. The number of para-hydroxylation sites is 2. The molecule has 0 radical (unpaired) electrons. The molecule has 0 bridgehead atoms. The van der Waals surface area contributed by atoms with Crippen LogP contribution >= 0.6 is 0 Å². The van der Waals surface area contributed by atoms with Gasteiger partial charge in [0.2, 0.25) is 0 Å². The molecule has 0 aliphatic carbocycles. The van der Waals surface area contributed by atoms with Gasteiger partial charge in [-0.2, -0.15) is 0 Å². The Kier molecular flexibility index (Phi) is 6.33. The molecule has 1 aliphatic rings. The third kappa shape index (κ3) is 4.45. The van der Waals surface area contributed by atoms with Crippen molar-refractivity contribution >= 4 is 71.2 Å². The standard InChI is InChI=1S/C51H36N2/c1-51(2)45-17-7-8-19-49(45)53-48-28-25-39(32-44(48)43-16-10-18-46(51)50(43)53)36-21-22-38-31-41(27-24-37(38)29-36)52(40-26-23-33-11-3-4-13-35(33)30-40)47-20-9-14-34-12-5-6-15-42(34)47/h3-32H,1-2H3. The van der Waals surface area contributed by atoms with Crippen LogP contribution < -0.4 is 4.90 Å². The molecule has 0 spiro atoms. The number of fused-ring (bicyclic) bond motifs is 8. The van der Waals surface area contributed by atoms with Crippen LogP contribution in [0.15, 0.2) is 182 Å². The van der Waals surface area contributed by atoms with Gasteiger partial charge in [0.1, 0.15) is 0 Å². The van der Waals surface area contributed by atoms with Crippen LogP contribution in [0.3, 0.4) is 0 Å². The first kappa shape index (κ1) is 30.0. The monoisotopic (exact) mass is 676 g/mol. The molecule has 9 aromatic carbocycles. The van der Waals surface area contributed by atoms with E-state index in [4.69, 9.17) is 0 Å². The lowest BCUT2D eigenvalue weighted by atomic mass is 9.75. The molecule has 0 atom stereocenters. The van der Waals surface area contributed by atoms with Gasteiger partial charge in [0.15, 0.2) is 0 Å². The molecule has 1 aliphatic heterocycles. The summed E-state index contributed by atoms with van der Waals surface area (Å²) in [6, 6.07) is 67.2. The normalized spacial score (nSPS) is 13.2. The van der Waals surface area contributed by atoms with Gasteiger partial charge in [-0.25, -0.2) is 0 Å². The first-order chi connectivity index (χ1) is 26.0. The van der Waals surface area contributed by atoms with Crippen LogP contribution in [-0.4, -0.2) is 4.57 Å². The van der Waals surface area contributed by atoms with Crippen molar-refractivity contribution in [2.75, 3.05) is 4.90 Å². The molecule has 0 amide bonds. The maximum atomic E-state index is 2.49. The zero-order valence-electron chi connectivity index (χ0n) is 29.7. The molecule has 10 aromatic rings. The molecular weight excluding hydrogens is 641 g/mol. The first-order valence-corrected chi connectivity index (χ1v) is 18.5. The second-order valence-electron chi connectivity index (χ2n) is 15.0. The van der Waals surface area contributed by atoms with Crippen molar-refractivity contribution < 1.29 is 0 Å². The van der Waals surface area contributed by atoms with Crippen LogP contribution in [0.2, 0.25) is 0 Å². The number of rotatable bonds is 4. The van der Waals surface area contributed by atoms with E-state index in [1.807, 2.05) is 0 Å². The Hall–Kier alpha value is -6.64. The Morgan fingerprint density at radius 3 is 1.87 bits per heavy atom. The summed E-state index contributed by atoms with van der Waals surface area (Å²) in [5.74, 6) is 0. The van der Waals surface area contributed by atoms with E-state index >= 15 is 0 Å². The van der Waals surface area contributed by atoms with E-state index in [-0.39, 0.29) is 5.41 Å². The van der Waals surface area contributed by atoms with Crippen molar-refractivity contribution in [1.29, 1.82) is 0 Å². The van der Waals surface area contributed by atoms with Gasteiger partial charge in [0, 0.05) is 32.9 Å². The molecule has 53 heavy (non-hydrogen) atoms. The van der Waals surface area contributed by atoms with Crippen molar-refractivity contribution in [1.82, 2.24) is 4.57 Å². The van der Waals surface area contributed by atoms with Crippen LogP contribution in [-0.2, 0) is 5.41 Å². The highest BCUT2D eigenvalue weighted by Crippen LogP contribution is 2.48. The Morgan fingerprint density at radius 2 is 1.00 bits per heavy atom. The van der Waals surface area contributed by atoms with Crippen LogP contribution in [0.5, 0.6) is 0 Å². The quantitative estimate of drug-likeness (QED) is 0.180. The van der Waals surface area contributed by atoms with Gasteiger partial charge in [0.25, 0.3) is 0 Å². The predicted molar refractivity (Wildman–Crippen MR) is 226 cm³/mol. The fourth-order valence-corrected chi connectivity index (χ4v) is 9.04. The molecule has 0 unspecified atom stereocenters. The maximum absolute atomic E-state index is 2.49. The molecule has 1 aromatic heterocycles. The van der Waals surface area contributed by atoms with E-state index in [0.717, 1.165) is 11.4 Å². The molecule has 0 N–H and O–H groups in total. The van der Waals surface area contributed by atoms with Crippen molar-refractivity contribution in [3.05, 3.63) is 193 Å². The minimum Gasteiger partial charge on any atom is -0.310 e. The first-order valence-electron chi connectivity index (χ1n) is 18.5. The average molecular weight is 677 g/mol. The highest BCUT2D eigenvalue weighted by atomic mass is 15.1. The van der Waals surface area contributed by atoms with E-state index in [9.17, 15) is 0 Å². The lowest BCUT2D eigenvalue weighted by Gasteiger charge is -2.34. The zero-order valence-corrected chi connectivity index (χ0v) is 29.7. The maximum Gasteiger partial charge on any atom is 0.0582 e. The third-order valence-corrected chi connectivity index (χ3v) is 11.7.